The third-order valence-corrected chi connectivity index (χ3v) is 4.36. The number of fused-ring (bicyclic) bond motifs is 1. The first-order valence-electron chi connectivity index (χ1n) is 8.00. The largest absolute Gasteiger partial charge is 0.396 e. The van der Waals surface area contributed by atoms with Crippen LogP contribution in [-0.2, 0) is 6.54 Å². The topological polar surface area (TPSA) is 49.2 Å². The summed E-state index contributed by atoms with van der Waals surface area (Å²) in [5, 5.41) is 11.0. The van der Waals surface area contributed by atoms with Gasteiger partial charge in [0, 0.05) is 29.6 Å². The lowest BCUT2D eigenvalue weighted by atomic mass is 10.1. The molecular formula is C19H20ClN3O. The molecule has 124 valence electrons. The van der Waals surface area contributed by atoms with Gasteiger partial charge in [0.15, 0.2) is 0 Å². The van der Waals surface area contributed by atoms with Crippen LogP contribution in [0.1, 0.15) is 18.9 Å². The zero-order chi connectivity index (χ0) is 16.9. The zero-order valence-electron chi connectivity index (χ0n) is 13.6. The molecule has 0 aliphatic rings. The predicted molar refractivity (Wildman–Crippen MR) is 98.3 cm³/mol. The minimum absolute atomic E-state index is 0.140. The minimum atomic E-state index is 0.140. The lowest BCUT2D eigenvalue weighted by Gasteiger charge is -2.31. The lowest BCUT2D eigenvalue weighted by molar-refractivity contribution is 0.275. The van der Waals surface area contributed by atoms with Gasteiger partial charge in [-0.05, 0) is 37.1 Å². The molecule has 5 heteroatoms. The second-order valence-corrected chi connectivity index (χ2v) is 6.27. The Morgan fingerprint density at radius 3 is 2.67 bits per heavy atom. The molecule has 0 radical (unpaired) electrons. The first-order valence-corrected chi connectivity index (χ1v) is 8.38. The average molecular weight is 342 g/mol. The summed E-state index contributed by atoms with van der Waals surface area (Å²) >= 11 is 6.09. The van der Waals surface area contributed by atoms with E-state index in [4.69, 9.17) is 11.6 Å². The van der Waals surface area contributed by atoms with E-state index in [1.807, 2.05) is 36.4 Å². The number of halogens is 1. The summed E-state index contributed by atoms with van der Waals surface area (Å²) in [6.07, 6.45) is 2.24. The zero-order valence-corrected chi connectivity index (χ0v) is 14.3. The second-order valence-electron chi connectivity index (χ2n) is 5.83. The summed E-state index contributed by atoms with van der Waals surface area (Å²) in [5.41, 5.74) is 2.02. The molecule has 0 spiro atoms. The van der Waals surface area contributed by atoms with Crippen molar-refractivity contribution in [1.82, 2.24) is 9.97 Å². The van der Waals surface area contributed by atoms with Gasteiger partial charge < -0.3 is 10.0 Å². The maximum absolute atomic E-state index is 9.37. The summed E-state index contributed by atoms with van der Waals surface area (Å²) in [6.45, 7) is 2.96. The number of rotatable bonds is 6. The molecule has 0 saturated heterocycles. The number of hydrogen-bond donors (Lipinski definition) is 1. The van der Waals surface area contributed by atoms with Crippen molar-refractivity contribution in [2.75, 3.05) is 11.5 Å². The minimum Gasteiger partial charge on any atom is -0.396 e. The van der Waals surface area contributed by atoms with Gasteiger partial charge in [-0.25, -0.2) is 9.97 Å². The van der Waals surface area contributed by atoms with Crippen LogP contribution in [0.3, 0.4) is 0 Å². The molecule has 0 bridgehead atoms. The van der Waals surface area contributed by atoms with Crippen molar-refractivity contribution in [1.29, 1.82) is 0 Å². The van der Waals surface area contributed by atoms with Gasteiger partial charge in [0.2, 0.25) is 0 Å². The summed E-state index contributed by atoms with van der Waals surface area (Å²) in [6, 6.07) is 16.1. The van der Waals surface area contributed by atoms with Crippen molar-refractivity contribution in [2.24, 2.45) is 0 Å². The van der Waals surface area contributed by atoms with Crippen LogP contribution in [0.15, 0.2) is 54.9 Å². The molecule has 3 aromatic rings. The normalized spacial score (nSPS) is 12.3. The van der Waals surface area contributed by atoms with E-state index in [0.29, 0.717) is 11.4 Å². The fraction of sp³-hybridized carbons (Fsp3) is 0.263. The van der Waals surface area contributed by atoms with Crippen molar-refractivity contribution in [3.63, 3.8) is 0 Å². The maximum atomic E-state index is 9.37. The van der Waals surface area contributed by atoms with Gasteiger partial charge in [-0.3, -0.25) is 0 Å². The van der Waals surface area contributed by atoms with Crippen molar-refractivity contribution >= 4 is 28.3 Å². The summed E-state index contributed by atoms with van der Waals surface area (Å²) in [5.74, 6) is 0.862. The molecule has 1 aromatic heterocycles. The molecule has 1 atom stereocenters. The number of aliphatic hydroxyl groups excluding tert-OH is 1. The van der Waals surface area contributed by atoms with E-state index in [9.17, 15) is 5.11 Å². The van der Waals surface area contributed by atoms with E-state index in [1.54, 1.807) is 6.33 Å². The van der Waals surface area contributed by atoms with Crippen LogP contribution in [0.2, 0.25) is 5.02 Å². The Kier molecular flexibility index (Phi) is 5.28. The number of anilines is 1. The Bertz CT molecular complexity index is 810. The van der Waals surface area contributed by atoms with Gasteiger partial charge in [0.25, 0.3) is 0 Å². The third kappa shape index (κ3) is 3.66. The van der Waals surface area contributed by atoms with Gasteiger partial charge in [0.1, 0.15) is 12.1 Å². The molecule has 1 unspecified atom stereocenters. The average Bonchev–Trinajstić information content (AvgIpc) is 2.60. The van der Waals surface area contributed by atoms with E-state index < -0.39 is 0 Å². The molecule has 0 fully saturated rings. The van der Waals surface area contributed by atoms with Gasteiger partial charge in [-0.1, -0.05) is 41.9 Å². The molecule has 1 N–H and O–H groups in total. The van der Waals surface area contributed by atoms with E-state index in [0.717, 1.165) is 23.3 Å². The van der Waals surface area contributed by atoms with Crippen LogP contribution in [0.4, 0.5) is 5.82 Å². The number of benzene rings is 2. The molecule has 2 aromatic carbocycles. The maximum Gasteiger partial charge on any atom is 0.140 e. The van der Waals surface area contributed by atoms with Gasteiger partial charge in [0.05, 0.1) is 5.52 Å². The number of nitrogens with zero attached hydrogens (tertiary/aromatic N) is 3. The lowest BCUT2D eigenvalue weighted by Crippen LogP contribution is -2.34. The molecule has 0 amide bonds. The molecule has 0 aliphatic carbocycles. The first-order chi connectivity index (χ1) is 11.7. The highest BCUT2D eigenvalue weighted by molar-refractivity contribution is 6.31. The van der Waals surface area contributed by atoms with E-state index in [1.165, 1.54) is 5.56 Å². The van der Waals surface area contributed by atoms with Crippen LogP contribution in [0.5, 0.6) is 0 Å². The molecule has 1 heterocycles. The molecule has 0 aliphatic heterocycles. The van der Waals surface area contributed by atoms with Crippen molar-refractivity contribution in [3.05, 3.63) is 65.4 Å². The van der Waals surface area contributed by atoms with Gasteiger partial charge in [-0.15, -0.1) is 0 Å². The molecule has 3 rings (SSSR count). The molecule has 4 nitrogen and oxygen atoms in total. The van der Waals surface area contributed by atoms with Gasteiger partial charge >= 0.3 is 0 Å². The number of hydrogen-bond acceptors (Lipinski definition) is 4. The SMILES string of the molecule is CC(CCO)N(Cc1ccccc1)c1ncnc2cc(Cl)ccc12. The first kappa shape index (κ1) is 16.7. The van der Waals surface area contributed by atoms with Crippen LogP contribution in [0.25, 0.3) is 10.9 Å². The predicted octanol–water partition coefficient (Wildman–Crippen LogP) is 4.06. The van der Waals surface area contributed by atoms with Crippen LogP contribution < -0.4 is 4.90 Å². The summed E-state index contributed by atoms with van der Waals surface area (Å²) < 4.78 is 0. The highest BCUT2D eigenvalue weighted by Crippen LogP contribution is 2.28. The smallest absolute Gasteiger partial charge is 0.140 e. The fourth-order valence-corrected chi connectivity index (χ4v) is 2.97. The fourth-order valence-electron chi connectivity index (χ4n) is 2.81. The Morgan fingerprint density at radius 1 is 1.12 bits per heavy atom. The highest BCUT2D eigenvalue weighted by Gasteiger charge is 2.19. The number of aromatic nitrogens is 2. The Hall–Kier alpha value is -2.17. The second kappa shape index (κ2) is 7.60. The van der Waals surface area contributed by atoms with Crippen LogP contribution in [0, 0.1) is 0 Å². The van der Waals surface area contributed by atoms with Crippen molar-refractivity contribution in [2.45, 2.75) is 25.9 Å². The van der Waals surface area contributed by atoms with E-state index >= 15 is 0 Å². The highest BCUT2D eigenvalue weighted by atomic mass is 35.5. The summed E-state index contributed by atoms with van der Waals surface area (Å²) in [4.78, 5) is 11.1. The summed E-state index contributed by atoms with van der Waals surface area (Å²) in [7, 11) is 0. The van der Waals surface area contributed by atoms with E-state index in [-0.39, 0.29) is 12.6 Å². The Balaban J connectivity index is 2.05. The van der Waals surface area contributed by atoms with Gasteiger partial charge in [-0.2, -0.15) is 0 Å². The Labute approximate surface area is 146 Å². The Morgan fingerprint density at radius 2 is 1.92 bits per heavy atom. The monoisotopic (exact) mass is 341 g/mol. The molecule has 0 saturated carbocycles. The standard InChI is InChI=1S/C19H20ClN3O/c1-14(9-10-24)23(12-15-5-3-2-4-6-15)19-17-8-7-16(20)11-18(17)21-13-22-19/h2-8,11,13-14,24H,9-10,12H2,1H3. The van der Waals surface area contributed by atoms with E-state index in [2.05, 4.69) is 33.9 Å². The van der Waals surface area contributed by atoms with Crippen LogP contribution >= 0.6 is 11.6 Å². The third-order valence-electron chi connectivity index (χ3n) is 4.12. The molecule has 24 heavy (non-hydrogen) atoms. The molecular weight excluding hydrogens is 322 g/mol. The van der Waals surface area contributed by atoms with Crippen molar-refractivity contribution < 1.29 is 5.11 Å². The van der Waals surface area contributed by atoms with Crippen LogP contribution in [-0.4, -0.2) is 27.7 Å². The number of aliphatic hydroxyl groups is 1. The van der Waals surface area contributed by atoms with Crippen molar-refractivity contribution in [3.8, 4) is 0 Å². The quantitative estimate of drug-likeness (QED) is 0.734.